The summed E-state index contributed by atoms with van der Waals surface area (Å²) in [5.74, 6) is 0. The van der Waals surface area contributed by atoms with Gasteiger partial charge in [-0.3, -0.25) is 0 Å². The van der Waals surface area contributed by atoms with Crippen molar-refractivity contribution >= 4 is 11.8 Å². The fourth-order valence-corrected chi connectivity index (χ4v) is 2.50. The van der Waals surface area contributed by atoms with Crippen molar-refractivity contribution in [1.29, 1.82) is 0 Å². The highest BCUT2D eigenvalue weighted by Crippen LogP contribution is 2.49. The molecule has 0 aliphatic heterocycles. The van der Waals surface area contributed by atoms with Crippen molar-refractivity contribution in [3.05, 3.63) is 29.8 Å². The molecule has 1 unspecified atom stereocenters. The summed E-state index contributed by atoms with van der Waals surface area (Å²) < 4.78 is 5.42. The number of benzene rings is 1. The number of anilines is 1. The van der Waals surface area contributed by atoms with Gasteiger partial charge in [0.25, 0.3) is 0 Å². The minimum absolute atomic E-state index is 0.297. The topological polar surface area (TPSA) is 41.6 Å². The van der Waals surface area contributed by atoms with Crippen molar-refractivity contribution < 1.29 is 9.53 Å². The fraction of sp³-hybridized carbons (Fsp3) is 0.632. The molecule has 1 amide bonds. The van der Waals surface area contributed by atoms with Crippen LogP contribution in [-0.4, -0.2) is 29.7 Å². The van der Waals surface area contributed by atoms with Gasteiger partial charge in [0, 0.05) is 18.8 Å². The molecule has 0 aromatic heterocycles. The first kappa shape index (κ1) is 17.6. The van der Waals surface area contributed by atoms with Crippen LogP contribution < -0.4 is 5.32 Å². The number of rotatable bonds is 5. The van der Waals surface area contributed by atoms with E-state index in [0.29, 0.717) is 18.0 Å². The van der Waals surface area contributed by atoms with E-state index in [2.05, 4.69) is 31.3 Å². The maximum atomic E-state index is 12.1. The molecule has 1 fully saturated rings. The third kappa shape index (κ3) is 4.88. The van der Waals surface area contributed by atoms with Gasteiger partial charge in [-0.1, -0.05) is 25.1 Å². The summed E-state index contributed by atoms with van der Waals surface area (Å²) >= 11 is 0. The third-order valence-electron chi connectivity index (χ3n) is 4.59. The van der Waals surface area contributed by atoms with E-state index in [1.165, 1.54) is 12.8 Å². The van der Waals surface area contributed by atoms with E-state index in [9.17, 15) is 4.79 Å². The van der Waals surface area contributed by atoms with Gasteiger partial charge in [0.1, 0.15) is 5.60 Å². The van der Waals surface area contributed by atoms with Gasteiger partial charge in [0.15, 0.2) is 0 Å². The van der Waals surface area contributed by atoms with Crippen LogP contribution in [-0.2, 0) is 11.3 Å². The smallest absolute Gasteiger partial charge is 0.410 e. The molecule has 2 rings (SSSR count). The van der Waals surface area contributed by atoms with Crippen molar-refractivity contribution in [2.45, 2.75) is 65.6 Å². The number of hydrogen-bond donors (Lipinski definition) is 1. The van der Waals surface area contributed by atoms with Gasteiger partial charge < -0.3 is 15.0 Å². The molecule has 128 valence electrons. The molecule has 1 aromatic rings. The van der Waals surface area contributed by atoms with Crippen molar-refractivity contribution in [2.75, 3.05) is 12.4 Å². The second-order valence-electron chi connectivity index (χ2n) is 8.01. The third-order valence-corrected chi connectivity index (χ3v) is 4.59. The molecule has 0 spiro atoms. The zero-order valence-electron chi connectivity index (χ0n) is 15.3. The summed E-state index contributed by atoms with van der Waals surface area (Å²) in [5.41, 5.74) is 2.14. The van der Waals surface area contributed by atoms with Crippen LogP contribution in [0.4, 0.5) is 10.5 Å². The average molecular weight is 318 g/mol. The number of nitrogens with one attached hydrogen (secondary N) is 1. The first-order valence-corrected chi connectivity index (χ1v) is 8.39. The van der Waals surface area contributed by atoms with E-state index in [1.54, 1.807) is 11.9 Å². The molecule has 0 saturated heterocycles. The van der Waals surface area contributed by atoms with Gasteiger partial charge in [0.05, 0.1) is 6.54 Å². The lowest BCUT2D eigenvalue weighted by Crippen LogP contribution is -2.34. The molecule has 1 N–H and O–H groups in total. The Morgan fingerprint density at radius 3 is 2.52 bits per heavy atom. The van der Waals surface area contributed by atoms with Gasteiger partial charge in [0.2, 0.25) is 0 Å². The van der Waals surface area contributed by atoms with E-state index >= 15 is 0 Å². The standard InChI is InChI=1S/C19H30N2O2/c1-14(19(5)11-12-19)20-16-10-8-7-9-15(16)13-21(6)17(22)23-18(2,3)4/h7-10,14,20H,11-13H2,1-6H3. The Morgan fingerprint density at radius 2 is 1.96 bits per heavy atom. The Kier molecular flexibility index (Phi) is 4.92. The number of amides is 1. The van der Waals surface area contributed by atoms with Crippen LogP contribution >= 0.6 is 0 Å². The molecule has 1 aromatic carbocycles. The molecule has 0 heterocycles. The van der Waals surface area contributed by atoms with Crippen molar-refractivity contribution in [1.82, 2.24) is 4.90 Å². The first-order chi connectivity index (χ1) is 10.6. The summed E-state index contributed by atoms with van der Waals surface area (Å²) in [6.45, 7) is 10.7. The van der Waals surface area contributed by atoms with Crippen LogP contribution in [0.1, 0.15) is 53.0 Å². The maximum absolute atomic E-state index is 12.1. The van der Waals surface area contributed by atoms with E-state index < -0.39 is 5.60 Å². The summed E-state index contributed by atoms with van der Waals surface area (Å²) in [5, 5.41) is 3.63. The van der Waals surface area contributed by atoms with Gasteiger partial charge in [-0.15, -0.1) is 0 Å². The molecular weight excluding hydrogens is 288 g/mol. The summed E-state index contributed by atoms with van der Waals surface area (Å²) in [7, 11) is 1.77. The van der Waals surface area contributed by atoms with Crippen LogP contribution in [0.3, 0.4) is 0 Å². The lowest BCUT2D eigenvalue weighted by molar-refractivity contribution is 0.0285. The van der Waals surface area contributed by atoms with Crippen LogP contribution in [0.5, 0.6) is 0 Å². The predicted octanol–water partition coefficient (Wildman–Crippen LogP) is 4.65. The van der Waals surface area contributed by atoms with Crippen LogP contribution in [0.15, 0.2) is 24.3 Å². The predicted molar refractivity (Wildman–Crippen MR) is 94.6 cm³/mol. The number of carbonyl (C=O) groups excluding carboxylic acids is 1. The Bertz CT molecular complexity index is 559. The summed E-state index contributed by atoms with van der Waals surface area (Å²) in [6.07, 6.45) is 2.26. The average Bonchev–Trinajstić information content (AvgIpc) is 3.18. The Balaban J connectivity index is 2.03. The maximum Gasteiger partial charge on any atom is 0.410 e. The van der Waals surface area contributed by atoms with Crippen molar-refractivity contribution in [3.8, 4) is 0 Å². The highest BCUT2D eigenvalue weighted by atomic mass is 16.6. The highest BCUT2D eigenvalue weighted by molar-refractivity contribution is 5.68. The zero-order chi connectivity index (χ0) is 17.3. The molecule has 23 heavy (non-hydrogen) atoms. The van der Waals surface area contributed by atoms with Gasteiger partial charge in [-0.25, -0.2) is 4.79 Å². The van der Waals surface area contributed by atoms with E-state index in [0.717, 1.165) is 11.3 Å². The molecular formula is C19H30N2O2. The number of hydrogen-bond acceptors (Lipinski definition) is 3. The lowest BCUT2D eigenvalue weighted by Gasteiger charge is -2.27. The number of ether oxygens (including phenoxy) is 1. The minimum atomic E-state index is -0.474. The largest absolute Gasteiger partial charge is 0.444 e. The van der Waals surface area contributed by atoms with Gasteiger partial charge in [-0.2, -0.15) is 0 Å². The Morgan fingerprint density at radius 1 is 1.35 bits per heavy atom. The molecule has 1 saturated carbocycles. The zero-order valence-corrected chi connectivity index (χ0v) is 15.3. The van der Waals surface area contributed by atoms with E-state index in [-0.39, 0.29) is 6.09 Å². The summed E-state index contributed by atoms with van der Waals surface area (Å²) in [4.78, 5) is 13.8. The van der Waals surface area contributed by atoms with E-state index in [4.69, 9.17) is 4.74 Å². The van der Waals surface area contributed by atoms with Crippen LogP contribution in [0.25, 0.3) is 0 Å². The van der Waals surface area contributed by atoms with Crippen molar-refractivity contribution in [2.24, 2.45) is 5.41 Å². The molecule has 0 bridgehead atoms. The SMILES string of the molecule is CC(Nc1ccccc1CN(C)C(=O)OC(C)(C)C)C1(C)CC1. The van der Waals surface area contributed by atoms with Gasteiger partial charge in [-0.05, 0) is 57.6 Å². The number of para-hydroxylation sites is 1. The number of nitrogens with zero attached hydrogens (tertiary/aromatic N) is 1. The Hall–Kier alpha value is -1.71. The highest BCUT2D eigenvalue weighted by Gasteiger charge is 2.42. The lowest BCUT2D eigenvalue weighted by atomic mass is 10.00. The molecule has 0 radical (unpaired) electrons. The quantitative estimate of drug-likeness (QED) is 0.859. The second kappa shape index (κ2) is 6.42. The molecule has 1 atom stereocenters. The Labute approximate surface area is 140 Å². The van der Waals surface area contributed by atoms with Crippen LogP contribution in [0, 0.1) is 5.41 Å². The van der Waals surface area contributed by atoms with Crippen molar-refractivity contribution in [3.63, 3.8) is 0 Å². The van der Waals surface area contributed by atoms with Crippen LogP contribution in [0.2, 0.25) is 0 Å². The minimum Gasteiger partial charge on any atom is -0.444 e. The normalized spacial score (nSPS) is 17.3. The molecule has 4 nitrogen and oxygen atoms in total. The van der Waals surface area contributed by atoms with E-state index in [1.807, 2.05) is 32.9 Å². The first-order valence-electron chi connectivity index (χ1n) is 8.39. The molecule has 4 heteroatoms. The molecule has 1 aliphatic rings. The fourth-order valence-electron chi connectivity index (χ4n) is 2.50. The number of carbonyl (C=O) groups is 1. The molecule has 1 aliphatic carbocycles. The monoisotopic (exact) mass is 318 g/mol. The summed E-state index contributed by atoms with van der Waals surface area (Å²) in [6, 6.07) is 8.61. The second-order valence-corrected chi connectivity index (χ2v) is 8.01. The van der Waals surface area contributed by atoms with Gasteiger partial charge >= 0.3 is 6.09 Å².